The average molecular weight is 304 g/mol. The summed E-state index contributed by atoms with van der Waals surface area (Å²) < 4.78 is 25.3. The number of carboxylic acids is 1. The van der Waals surface area contributed by atoms with Crippen molar-refractivity contribution in [1.82, 2.24) is 10.6 Å². The Balaban J connectivity index is 1.55. The first-order valence-corrected chi connectivity index (χ1v) is 7.51. The third-order valence-corrected chi connectivity index (χ3v) is 4.42. The average Bonchev–Trinajstić information content (AvgIpc) is 2.37. The van der Waals surface area contributed by atoms with Gasteiger partial charge >= 0.3 is 12.0 Å². The van der Waals surface area contributed by atoms with Gasteiger partial charge < -0.3 is 15.7 Å². The summed E-state index contributed by atoms with van der Waals surface area (Å²) in [4.78, 5) is 22.5. The minimum Gasteiger partial charge on any atom is -0.481 e. The van der Waals surface area contributed by atoms with Crippen molar-refractivity contribution in [2.24, 2.45) is 11.8 Å². The van der Waals surface area contributed by atoms with Crippen molar-refractivity contribution in [3.8, 4) is 0 Å². The Morgan fingerprint density at radius 3 is 2.29 bits per heavy atom. The molecule has 0 radical (unpaired) electrons. The normalized spacial score (nSPS) is 28.5. The molecule has 0 aromatic rings. The smallest absolute Gasteiger partial charge is 0.315 e. The fourth-order valence-corrected chi connectivity index (χ4v) is 3.10. The van der Waals surface area contributed by atoms with Crippen molar-refractivity contribution < 1.29 is 23.5 Å². The molecule has 21 heavy (non-hydrogen) atoms. The zero-order chi connectivity index (χ0) is 15.5. The first kappa shape index (κ1) is 16.0. The molecule has 2 aliphatic rings. The summed E-state index contributed by atoms with van der Waals surface area (Å²) in [5.41, 5.74) is 0. The van der Waals surface area contributed by atoms with Gasteiger partial charge in [0.05, 0.1) is 5.92 Å². The highest BCUT2D eigenvalue weighted by Crippen LogP contribution is 2.43. The maximum Gasteiger partial charge on any atom is 0.315 e. The SMILES string of the molecule is O=C(NCCC1CC(F)(F)C1)NC1CCC(C(=O)O)CC1. The fourth-order valence-electron chi connectivity index (χ4n) is 3.10. The van der Waals surface area contributed by atoms with Crippen molar-refractivity contribution in [2.45, 2.75) is 56.9 Å². The van der Waals surface area contributed by atoms with Gasteiger partial charge in [0.25, 0.3) is 0 Å². The number of rotatable bonds is 5. The molecule has 0 saturated heterocycles. The minimum absolute atomic E-state index is 0.00584. The predicted molar refractivity (Wildman–Crippen MR) is 72.2 cm³/mol. The van der Waals surface area contributed by atoms with E-state index in [2.05, 4.69) is 10.6 Å². The van der Waals surface area contributed by atoms with E-state index in [0.717, 1.165) is 0 Å². The van der Waals surface area contributed by atoms with Gasteiger partial charge in [0.2, 0.25) is 5.92 Å². The van der Waals surface area contributed by atoms with E-state index in [-0.39, 0.29) is 36.8 Å². The zero-order valence-electron chi connectivity index (χ0n) is 11.9. The topological polar surface area (TPSA) is 78.4 Å². The van der Waals surface area contributed by atoms with Crippen LogP contribution in [0.1, 0.15) is 44.9 Å². The van der Waals surface area contributed by atoms with Crippen LogP contribution < -0.4 is 10.6 Å². The van der Waals surface area contributed by atoms with Crippen LogP contribution in [0.2, 0.25) is 0 Å². The van der Waals surface area contributed by atoms with E-state index in [1.165, 1.54) is 0 Å². The lowest BCUT2D eigenvalue weighted by atomic mass is 9.79. The number of aliphatic carboxylic acids is 1. The Morgan fingerprint density at radius 1 is 1.14 bits per heavy atom. The van der Waals surface area contributed by atoms with Crippen LogP contribution in [0, 0.1) is 11.8 Å². The molecule has 120 valence electrons. The number of amides is 2. The summed E-state index contributed by atoms with van der Waals surface area (Å²) in [6.07, 6.45) is 2.92. The van der Waals surface area contributed by atoms with E-state index >= 15 is 0 Å². The highest BCUT2D eigenvalue weighted by atomic mass is 19.3. The maximum absolute atomic E-state index is 12.6. The third kappa shape index (κ3) is 4.82. The molecular formula is C14H22F2N2O3. The number of carboxylic acid groups (broad SMARTS) is 1. The number of carbonyl (C=O) groups is 2. The fraction of sp³-hybridized carbons (Fsp3) is 0.857. The zero-order valence-corrected chi connectivity index (χ0v) is 11.9. The van der Waals surface area contributed by atoms with E-state index in [1.807, 2.05) is 0 Å². The van der Waals surface area contributed by atoms with Crippen molar-refractivity contribution >= 4 is 12.0 Å². The summed E-state index contributed by atoms with van der Waals surface area (Å²) >= 11 is 0. The lowest BCUT2D eigenvalue weighted by Crippen LogP contribution is -2.45. The quantitative estimate of drug-likeness (QED) is 0.729. The summed E-state index contributed by atoms with van der Waals surface area (Å²) in [6.45, 7) is 0.400. The second-order valence-electron chi connectivity index (χ2n) is 6.21. The van der Waals surface area contributed by atoms with Crippen LogP contribution in [-0.2, 0) is 4.79 Å². The number of carbonyl (C=O) groups excluding carboxylic acids is 1. The van der Waals surface area contributed by atoms with Gasteiger partial charge in [-0.3, -0.25) is 4.79 Å². The van der Waals surface area contributed by atoms with Crippen LogP contribution in [0.4, 0.5) is 13.6 Å². The first-order chi connectivity index (χ1) is 9.85. The molecule has 0 atom stereocenters. The summed E-state index contributed by atoms with van der Waals surface area (Å²) in [6, 6.07) is -0.284. The van der Waals surface area contributed by atoms with Crippen LogP contribution in [0.3, 0.4) is 0 Å². The Kier molecular flexibility index (Phi) is 5.00. The third-order valence-electron chi connectivity index (χ3n) is 4.42. The lowest BCUT2D eigenvalue weighted by molar-refractivity contribution is -0.142. The summed E-state index contributed by atoms with van der Waals surface area (Å²) in [7, 11) is 0. The lowest BCUT2D eigenvalue weighted by Gasteiger charge is -2.35. The standard InChI is InChI=1S/C14H22F2N2O3/c15-14(16)7-9(8-14)5-6-17-13(21)18-11-3-1-10(2-4-11)12(19)20/h9-11H,1-8H2,(H,19,20)(H2,17,18,21). The molecule has 3 N–H and O–H groups in total. The Morgan fingerprint density at radius 2 is 1.76 bits per heavy atom. The molecule has 2 aliphatic carbocycles. The highest BCUT2D eigenvalue weighted by Gasteiger charge is 2.44. The van der Waals surface area contributed by atoms with E-state index in [0.29, 0.717) is 38.6 Å². The van der Waals surface area contributed by atoms with Crippen LogP contribution in [0.15, 0.2) is 0 Å². The van der Waals surface area contributed by atoms with Crippen LogP contribution in [-0.4, -0.2) is 35.6 Å². The van der Waals surface area contributed by atoms with Crippen LogP contribution >= 0.6 is 0 Å². The number of nitrogens with one attached hydrogen (secondary N) is 2. The molecule has 2 rings (SSSR count). The molecule has 0 aromatic carbocycles. The molecule has 0 unspecified atom stereocenters. The van der Waals surface area contributed by atoms with Crippen molar-refractivity contribution in [1.29, 1.82) is 0 Å². The van der Waals surface area contributed by atoms with Crippen molar-refractivity contribution in [2.75, 3.05) is 6.54 Å². The molecule has 0 aromatic heterocycles. The Labute approximate surface area is 122 Å². The first-order valence-electron chi connectivity index (χ1n) is 7.51. The summed E-state index contributed by atoms with van der Waals surface area (Å²) in [5, 5.41) is 14.4. The number of alkyl halides is 2. The molecule has 2 saturated carbocycles. The molecule has 0 heterocycles. The maximum atomic E-state index is 12.6. The van der Waals surface area contributed by atoms with Gasteiger partial charge in [0, 0.05) is 25.4 Å². The van der Waals surface area contributed by atoms with Gasteiger partial charge in [-0.05, 0) is 38.0 Å². The van der Waals surface area contributed by atoms with E-state index < -0.39 is 11.9 Å². The van der Waals surface area contributed by atoms with Crippen LogP contribution in [0.5, 0.6) is 0 Å². The number of hydrogen-bond acceptors (Lipinski definition) is 2. The second kappa shape index (κ2) is 6.58. The second-order valence-corrected chi connectivity index (χ2v) is 6.21. The van der Waals surface area contributed by atoms with Gasteiger partial charge in [-0.2, -0.15) is 0 Å². The number of hydrogen-bond donors (Lipinski definition) is 3. The Bertz CT molecular complexity index is 388. The molecule has 7 heteroatoms. The van der Waals surface area contributed by atoms with Crippen LogP contribution in [0.25, 0.3) is 0 Å². The largest absolute Gasteiger partial charge is 0.481 e. The van der Waals surface area contributed by atoms with Crippen molar-refractivity contribution in [3.63, 3.8) is 0 Å². The Hall–Kier alpha value is -1.40. The molecule has 2 amide bonds. The molecular weight excluding hydrogens is 282 g/mol. The molecule has 2 fully saturated rings. The number of urea groups is 1. The van der Waals surface area contributed by atoms with Gasteiger partial charge in [-0.1, -0.05) is 0 Å². The van der Waals surface area contributed by atoms with Gasteiger partial charge in [-0.15, -0.1) is 0 Å². The van der Waals surface area contributed by atoms with Gasteiger partial charge in [0.15, 0.2) is 0 Å². The molecule has 0 bridgehead atoms. The van der Waals surface area contributed by atoms with Gasteiger partial charge in [0.1, 0.15) is 0 Å². The van der Waals surface area contributed by atoms with E-state index in [9.17, 15) is 18.4 Å². The van der Waals surface area contributed by atoms with Gasteiger partial charge in [-0.25, -0.2) is 13.6 Å². The van der Waals surface area contributed by atoms with E-state index in [1.54, 1.807) is 0 Å². The highest BCUT2D eigenvalue weighted by molar-refractivity contribution is 5.74. The predicted octanol–water partition coefficient (Wildman–Crippen LogP) is 2.36. The summed E-state index contributed by atoms with van der Waals surface area (Å²) in [5.74, 6) is -3.57. The number of halogens is 2. The monoisotopic (exact) mass is 304 g/mol. The van der Waals surface area contributed by atoms with Crippen molar-refractivity contribution in [3.05, 3.63) is 0 Å². The molecule has 5 nitrogen and oxygen atoms in total. The van der Waals surface area contributed by atoms with E-state index in [4.69, 9.17) is 5.11 Å². The molecule has 0 spiro atoms. The molecule has 0 aliphatic heterocycles. The minimum atomic E-state index is -2.50.